The van der Waals surface area contributed by atoms with E-state index in [9.17, 15) is 0 Å². The molecule has 0 amide bonds. The van der Waals surface area contributed by atoms with E-state index >= 15 is 0 Å². The summed E-state index contributed by atoms with van der Waals surface area (Å²) >= 11 is 6.11. The standard InChI is InChI=1S/C10H13ClN2/c1-12-7-6-8-9(11)4-3-5-10(8)13(12)2/h3-5H,6-7H2,1-2H3. The lowest BCUT2D eigenvalue weighted by molar-refractivity contribution is 0.314. The maximum absolute atomic E-state index is 6.11. The number of halogens is 1. The van der Waals surface area contributed by atoms with E-state index in [1.807, 2.05) is 12.1 Å². The molecule has 0 saturated carbocycles. The molecule has 0 aliphatic carbocycles. The number of anilines is 1. The molecule has 0 spiro atoms. The van der Waals surface area contributed by atoms with E-state index in [1.165, 1.54) is 11.3 Å². The zero-order chi connectivity index (χ0) is 9.42. The highest BCUT2D eigenvalue weighted by Crippen LogP contribution is 2.30. The maximum atomic E-state index is 6.11. The first kappa shape index (κ1) is 8.85. The van der Waals surface area contributed by atoms with Crippen LogP contribution < -0.4 is 5.01 Å². The van der Waals surface area contributed by atoms with Crippen molar-refractivity contribution < 1.29 is 0 Å². The molecular formula is C10H13ClN2. The molecule has 0 bridgehead atoms. The molecule has 0 atom stereocenters. The molecule has 1 aliphatic heterocycles. The summed E-state index contributed by atoms with van der Waals surface area (Å²) in [7, 11) is 4.15. The molecule has 2 nitrogen and oxygen atoms in total. The zero-order valence-corrected chi connectivity index (χ0v) is 8.67. The number of hydrogen-bond donors (Lipinski definition) is 0. The average molecular weight is 197 g/mol. The first-order valence-electron chi connectivity index (χ1n) is 4.42. The number of nitrogens with zero attached hydrogens (tertiary/aromatic N) is 2. The van der Waals surface area contributed by atoms with E-state index in [0.717, 1.165) is 18.0 Å². The predicted octanol–water partition coefficient (Wildman–Crippen LogP) is 2.18. The normalized spacial score (nSPS) is 17.3. The van der Waals surface area contributed by atoms with Crippen LogP contribution in [0.4, 0.5) is 5.69 Å². The summed E-state index contributed by atoms with van der Waals surface area (Å²) in [5.74, 6) is 0. The Balaban J connectivity index is 2.49. The van der Waals surface area contributed by atoms with Crippen LogP contribution in [0.1, 0.15) is 5.56 Å². The Morgan fingerprint density at radius 1 is 1.31 bits per heavy atom. The molecule has 3 heteroatoms. The van der Waals surface area contributed by atoms with Crippen molar-refractivity contribution in [2.75, 3.05) is 25.6 Å². The van der Waals surface area contributed by atoms with Crippen LogP contribution in [0.3, 0.4) is 0 Å². The van der Waals surface area contributed by atoms with Crippen LogP contribution >= 0.6 is 11.6 Å². The van der Waals surface area contributed by atoms with Crippen LogP contribution in [0.5, 0.6) is 0 Å². The Morgan fingerprint density at radius 2 is 2.08 bits per heavy atom. The molecule has 1 aromatic rings. The smallest absolute Gasteiger partial charge is 0.0566 e. The van der Waals surface area contributed by atoms with Gasteiger partial charge in [0.1, 0.15) is 0 Å². The fourth-order valence-corrected chi connectivity index (χ4v) is 1.97. The highest BCUT2D eigenvalue weighted by molar-refractivity contribution is 6.31. The molecule has 0 fully saturated rings. The summed E-state index contributed by atoms with van der Waals surface area (Å²) in [6.07, 6.45) is 1.04. The van der Waals surface area contributed by atoms with Crippen molar-refractivity contribution in [1.29, 1.82) is 0 Å². The van der Waals surface area contributed by atoms with E-state index in [1.54, 1.807) is 0 Å². The summed E-state index contributed by atoms with van der Waals surface area (Å²) in [5, 5.41) is 5.22. The van der Waals surface area contributed by atoms with E-state index in [-0.39, 0.29) is 0 Å². The molecule has 13 heavy (non-hydrogen) atoms. The number of fused-ring (bicyclic) bond motifs is 1. The van der Waals surface area contributed by atoms with Gasteiger partial charge in [0, 0.05) is 25.7 Å². The van der Waals surface area contributed by atoms with Gasteiger partial charge in [-0.15, -0.1) is 0 Å². The maximum Gasteiger partial charge on any atom is 0.0566 e. The molecule has 0 N–H and O–H groups in total. The van der Waals surface area contributed by atoms with Crippen LogP contribution in [0.25, 0.3) is 0 Å². The SMILES string of the molecule is CN1CCc2c(Cl)cccc2N1C. The summed E-state index contributed by atoms with van der Waals surface area (Å²) in [5.41, 5.74) is 2.49. The minimum absolute atomic E-state index is 0.887. The number of hydrogen-bond acceptors (Lipinski definition) is 2. The highest BCUT2D eigenvalue weighted by Gasteiger charge is 2.19. The van der Waals surface area contributed by atoms with Gasteiger partial charge in [-0.1, -0.05) is 17.7 Å². The Bertz CT molecular complexity index is 325. The third-order valence-corrected chi connectivity index (χ3v) is 2.99. The topological polar surface area (TPSA) is 6.48 Å². The molecule has 0 saturated heterocycles. The Hall–Kier alpha value is -0.730. The predicted molar refractivity (Wildman–Crippen MR) is 56.2 cm³/mol. The van der Waals surface area contributed by atoms with Crippen molar-refractivity contribution in [2.24, 2.45) is 0 Å². The lowest BCUT2D eigenvalue weighted by atomic mass is 10.1. The molecule has 0 unspecified atom stereocenters. The Morgan fingerprint density at radius 3 is 2.85 bits per heavy atom. The molecule has 1 aliphatic rings. The second kappa shape index (κ2) is 3.20. The van der Waals surface area contributed by atoms with Crippen LogP contribution in [0, 0.1) is 0 Å². The van der Waals surface area contributed by atoms with Gasteiger partial charge in [-0.05, 0) is 24.1 Å². The molecular weight excluding hydrogens is 184 g/mol. The van der Waals surface area contributed by atoms with E-state index in [0.29, 0.717) is 0 Å². The first-order chi connectivity index (χ1) is 6.20. The lowest BCUT2D eigenvalue weighted by Crippen LogP contribution is -2.41. The molecule has 70 valence electrons. The van der Waals surface area contributed by atoms with Crippen LogP contribution in [-0.4, -0.2) is 25.6 Å². The van der Waals surface area contributed by atoms with Crippen LogP contribution in [-0.2, 0) is 6.42 Å². The summed E-state index contributed by atoms with van der Waals surface area (Å²) < 4.78 is 0. The van der Waals surface area contributed by atoms with Gasteiger partial charge in [0.2, 0.25) is 0 Å². The van der Waals surface area contributed by atoms with Crippen LogP contribution in [0.15, 0.2) is 18.2 Å². The fraction of sp³-hybridized carbons (Fsp3) is 0.400. The molecule has 0 aromatic heterocycles. The van der Waals surface area contributed by atoms with Gasteiger partial charge in [0.25, 0.3) is 0 Å². The van der Waals surface area contributed by atoms with Crippen molar-refractivity contribution in [3.8, 4) is 0 Å². The second-order valence-corrected chi connectivity index (χ2v) is 3.80. The number of benzene rings is 1. The largest absolute Gasteiger partial charge is 0.309 e. The summed E-state index contributed by atoms with van der Waals surface area (Å²) in [4.78, 5) is 0. The van der Waals surface area contributed by atoms with E-state index < -0.39 is 0 Å². The van der Waals surface area contributed by atoms with Crippen molar-refractivity contribution in [1.82, 2.24) is 5.01 Å². The van der Waals surface area contributed by atoms with Gasteiger partial charge in [-0.3, -0.25) is 0 Å². The third kappa shape index (κ3) is 1.40. The lowest BCUT2D eigenvalue weighted by Gasteiger charge is -2.36. The monoisotopic (exact) mass is 196 g/mol. The number of likely N-dealkylation sites (N-methyl/N-ethyl adjacent to an activating group) is 1. The third-order valence-electron chi connectivity index (χ3n) is 2.64. The number of hydrazine groups is 1. The summed E-state index contributed by atoms with van der Waals surface area (Å²) in [6, 6.07) is 6.06. The van der Waals surface area contributed by atoms with Crippen LogP contribution in [0.2, 0.25) is 5.02 Å². The van der Waals surface area contributed by atoms with Gasteiger partial charge in [-0.2, -0.15) is 0 Å². The highest BCUT2D eigenvalue weighted by atomic mass is 35.5. The van der Waals surface area contributed by atoms with Gasteiger partial charge in [0.15, 0.2) is 0 Å². The zero-order valence-electron chi connectivity index (χ0n) is 7.92. The van der Waals surface area contributed by atoms with E-state index in [2.05, 4.69) is 30.2 Å². The number of rotatable bonds is 0. The fourth-order valence-electron chi connectivity index (χ4n) is 1.71. The second-order valence-electron chi connectivity index (χ2n) is 3.39. The molecule has 1 heterocycles. The van der Waals surface area contributed by atoms with Crippen molar-refractivity contribution in [3.63, 3.8) is 0 Å². The quantitative estimate of drug-likeness (QED) is 0.628. The summed E-state index contributed by atoms with van der Waals surface area (Å²) in [6.45, 7) is 1.03. The van der Waals surface area contributed by atoms with Gasteiger partial charge in [0.05, 0.1) is 5.69 Å². The van der Waals surface area contributed by atoms with Crippen molar-refractivity contribution >= 4 is 17.3 Å². The van der Waals surface area contributed by atoms with Crippen molar-refractivity contribution in [3.05, 3.63) is 28.8 Å². The molecule has 2 rings (SSSR count). The minimum atomic E-state index is 0.887. The molecule has 1 aromatic carbocycles. The Labute approximate surface area is 83.7 Å². The van der Waals surface area contributed by atoms with Gasteiger partial charge < -0.3 is 5.01 Å². The first-order valence-corrected chi connectivity index (χ1v) is 4.80. The van der Waals surface area contributed by atoms with Crippen molar-refractivity contribution in [2.45, 2.75) is 6.42 Å². The average Bonchev–Trinajstić information content (AvgIpc) is 2.12. The van der Waals surface area contributed by atoms with Gasteiger partial charge >= 0.3 is 0 Å². The Kier molecular flexibility index (Phi) is 2.18. The van der Waals surface area contributed by atoms with E-state index in [4.69, 9.17) is 11.6 Å². The molecule has 0 radical (unpaired) electrons. The minimum Gasteiger partial charge on any atom is -0.309 e. The van der Waals surface area contributed by atoms with Gasteiger partial charge in [-0.25, -0.2) is 5.01 Å².